The van der Waals surface area contributed by atoms with Crippen molar-refractivity contribution in [3.05, 3.63) is 23.8 Å². The second kappa shape index (κ2) is 5.83. The van der Waals surface area contributed by atoms with Crippen LogP contribution in [0.3, 0.4) is 0 Å². The summed E-state index contributed by atoms with van der Waals surface area (Å²) in [5.74, 6) is -3.41. The van der Waals surface area contributed by atoms with Crippen molar-refractivity contribution in [1.29, 1.82) is 0 Å². The molecule has 120 valence electrons. The Bertz CT molecular complexity index is 577. The van der Waals surface area contributed by atoms with Crippen LogP contribution in [0.25, 0.3) is 0 Å². The van der Waals surface area contributed by atoms with E-state index in [4.69, 9.17) is 4.74 Å². The van der Waals surface area contributed by atoms with Gasteiger partial charge in [-0.3, -0.25) is 4.79 Å². The zero-order chi connectivity index (χ0) is 15.7. The maximum absolute atomic E-state index is 13.4. The maximum atomic E-state index is 13.4. The fourth-order valence-corrected chi connectivity index (χ4v) is 3.14. The molecule has 3 rings (SSSR count). The number of nitrogens with one attached hydrogen (secondary N) is 1. The molecule has 0 spiro atoms. The number of halogens is 2. The lowest BCUT2D eigenvalue weighted by Crippen LogP contribution is -2.33. The number of aliphatic hydroxyl groups excluding tert-OH is 1. The maximum Gasteiger partial charge on any atom is 0.248 e. The number of carbonyl (C=O) groups is 1. The predicted molar refractivity (Wildman–Crippen MR) is 77.0 cm³/mol. The van der Waals surface area contributed by atoms with E-state index in [9.17, 15) is 18.7 Å². The van der Waals surface area contributed by atoms with E-state index in [1.807, 2.05) is 0 Å². The highest BCUT2D eigenvalue weighted by molar-refractivity contribution is 5.94. The van der Waals surface area contributed by atoms with Crippen molar-refractivity contribution in [3.63, 3.8) is 0 Å². The summed E-state index contributed by atoms with van der Waals surface area (Å²) in [5, 5.41) is 12.6. The van der Waals surface area contributed by atoms with E-state index < -0.39 is 30.3 Å². The van der Waals surface area contributed by atoms with Gasteiger partial charge in [0.05, 0.1) is 18.4 Å². The topological polar surface area (TPSA) is 58.6 Å². The molecule has 0 unspecified atom stereocenters. The van der Waals surface area contributed by atoms with Crippen molar-refractivity contribution in [2.24, 2.45) is 5.92 Å². The van der Waals surface area contributed by atoms with Gasteiger partial charge in [0, 0.05) is 30.7 Å². The van der Waals surface area contributed by atoms with Crippen LogP contribution >= 0.6 is 0 Å². The van der Waals surface area contributed by atoms with Crippen LogP contribution in [0.5, 0.6) is 5.75 Å². The van der Waals surface area contributed by atoms with Gasteiger partial charge in [-0.25, -0.2) is 8.78 Å². The van der Waals surface area contributed by atoms with Gasteiger partial charge in [0.2, 0.25) is 11.8 Å². The molecule has 2 aliphatic rings. The summed E-state index contributed by atoms with van der Waals surface area (Å²) in [4.78, 5) is 12.3. The summed E-state index contributed by atoms with van der Waals surface area (Å²) in [6.07, 6.45) is 0.149. The number of amides is 1. The minimum absolute atomic E-state index is 0.146. The van der Waals surface area contributed by atoms with E-state index >= 15 is 0 Å². The summed E-state index contributed by atoms with van der Waals surface area (Å²) in [6, 6.07) is 5.11. The van der Waals surface area contributed by atoms with Gasteiger partial charge < -0.3 is 15.2 Å². The van der Waals surface area contributed by atoms with E-state index in [0.29, 0.717) is 42.9 Å². The first kappa shape index (κ1) is 15.2. The predicted octanol–water partition coefficient (Wildman–Crippen LogP) is 3.27. The average Bonchev–Trinajstić information content (AvgIpc) is 2.47. The first-order chi connectivity index (χ1) is 10.5. The first-order valence-corrected chi connectivity index (χ1v) is 7.59. The Hall–Kier alpha value is -1.69. The summed E-state index contributed by atoms with van der Waals surface area (Å²) < 4.78 is 32.4. The second-order valence-electron chi connectivity index (χ2n) is 6.02. The largest absolute Gasteiger partial charge is 0.491 e. The van der Waals surface area contributed by atoms with Crippen LogP contribution in [-0.2, 0) is 4.79 Å². The molecule has 22 heavy (non-hydrogen) atoms. The molecule has 1 aromatic rings. The molecule has 6 heteroatoms. The fraction of sp³-hybridized carbons (Fsp3) is 0.562. The summed E-state index contributed by atoms with van der Waals surface area (Å²) in [7, 11) is 0. The van der Waals surface area contributed by atoms with Crippen LogP contribution in [0.4, 0.5) is 14.5 Å². The number of aliphatic hydroxyl groups is 1. The van der Waals surface area contributed by atoms with Crippen LogP contribution in [0.2, 0.25) is 0 Å². The number of alkyl halides is 2. The van der Waals surface area contributed by atoms with Crippen molar-refractivity contribution in [2.45, 2.75) is 44.1 Å². The number of fused-ring (bicyclic) bond motifs is 1. The molecule has 4 nitrogen and oxygen atoms in total. The van der Waals surface area contributed by atoms with Crippen LogP contribution in [0, 0.1) is 5.92 Å². The molecule has 1 heterocycles. The number of hydrogen-bond donors (Lipinski definition) is 2. The normalized spacial score (nSPS) is 26.7. The quantitative estimate of drug-likeness (QED) is 0.881. The SMILES string of the molecule is O=C(Nc1cccc2c1OCC[C@@H]2O)[C@@H]1CCCC(F)(F)C1. The molecular weight excluding hydrogens is 292 g/mol. The summed E-state index contributed by atoms with van der Waals surface area (Å²) >= 11 is 0. The highest BCUT2D eigenvalue weighted by Gasteiger charge is 2.39. The van der Waals surface area contributed by atoms with Gasteiger partial charge in [-0.15, -0.1) is 0 Å². The molecule has 2 atom stereocenters. The summed E-state index contributed by atoms with van der Waals surface area (Å²) in [5.41, 5.74) is 1.06. The van der Waals surface area contributed by atoms with E-state index in [0.717, 1.165) is 0 Å². The molecule has 1 amide bonds. The number of ether oxygens (including phenoxy) is 1. The number of anilines is 1. The molecular formula is C16H19F2NO3. The van der Waals surface area contributed by atoms with E-state index in [1.54, 1.807) is 18.2 Å². The molecule has 0 bridgehead atoms. The van der Waals surface area contributed by atoms with Crippen LogP contribution in [-0.4, -0.2) is 23.5 Å². The lowest BCUT2D eigenvalue weighted by atomic mass is 9.86. The molecule has 0 aromatic heterocycles. The van der Waals surface area contributed by atoms with Crippen molar-refractivity contribution in [2.75, 3.05) is 11.9 Å². The Kier molecular flexibility index (Phi) is 4.04. The number of hydrogen-bond acceptors (Lipinski definition) is 3. The van der Waals surface area contributed by atoms with Gasteiger partial charge in [0.15, 0.2) is 0 Å². The minimum atomic E-state index is -2.76. The zero-order valence-corrected chi connectivity index (χ0v) is 12.1. The highest BCUT2D eigenvalue weighted by Crippen LogP contribution is 2.40. The molecule has 1 saturated carbocycles. The molecule has 2 N–H and O–H groups in total. The van der Waals surface area contributed by atoms with Crippen LogP contribution in [0.1, 0.15) is 43.8 Å². The van der Waals surface area contributed by atoms with E-state index in [2.05, 4.69) is 5.32 Å². The van der Waals surface area contributed by atoms with Crippen molar-refractivity contribution in [1.82, 2.24) is 0 Å². The Balaban J connectivity index is 1.76. The van der Waals surface area contributed by atoms with Gasteiger partial charge in [-0.05, 0) is 18.9 Å². The average molecular weight is 311 g/mol. The van der Waals surface area contributed by atoms with Crippen molar-refractivity contribution in [3.8, 4) is 5.75 Å². The van der Waals surface area contributed by atoms with Gasteiger partial charge >= 0.3 is 0 Å². The van der Waals surface area contributed by atoms with Gasteiger partial charge in [0.25, 0.3) is 0 Å². The monoisotopic (exact) mass is 311 g/mol. The fourth-order valence-electron chi connectivity index (χ4n) is 3.14. The number of benzene rings is 1. The van der Waals surface area contributed by atoms with Gasteiger partial charge in [-0.1, -0.05) is 12.1 Å². The number of carbonyl (C=O) groups excluding carboxylic acids is 1. The minimum Gasteiger partial charge on any atom is -0.491 e. The van der Waals surface area contributed by atoms with Crippen molar-refractivity contribution >= 4 is 11.6 Å². The first-order valence-electron chi connectivity index (χ1n) is 7.59. The smallest absolute Gasteiger partial charge is 0.248 e. The Labute approximate surface area is 127 Å². The molecule has 1 aliphatic carbocycles. The zero-order valence-electron chi connectivity index (χ0n) is 12.1. The molecule has 1 fully saturated rings. The Morgan fingerprint density at radius 3 is 2.95 bits per heavy atom. The van der Waals surface area contributed by atoms with Crippen LogP contribution < -0.4 is 10.1 Å². The van der Waals surface area contributed by atoms with E-state index in [1.165, 1.54) is 0 Å². The third-order valence-electron chi connectivity index (χ3n) is 4.31. The highest BCUT2D eigenvalue weighted by atomic mass is 19.3. The third-order valence-corrected chi connectivity index (χ3v) is 4.31. The van der Waals surface area contributed by atoms with Crippen molar-refractivity contribution < 1.29 is 23.4 Å². The number of para-hydroxylation sites is 1. The Morgan fingerprint density at radius 2 is 2.18 bits per heavy atom. The third kappa shape index (κ3) is 3.06. The van der Waals surface area contributed by atoms with Crippen LogP contribution in [0.15, 0.2) is 18.2 Å². The lowest BCUT2D eigenvalue weighted by molar-refractivity contribution is -0.127. The summed E-state index contributed by atoms with van der Waals surface area (Å²) in [6.45, 7) is 0.364. The molecule has 1 aliphatic heterocycles. The van der Waals surface area contributed by atoms with E-state index in [-0.39, 0.29) is 6.42 Å². The number of rotatable bonds is 2. The second-order valence-corrected chi connectivity index (χ2v) is 6.02. The van der Waals surface area contributed by atoms with Gasteiger partial charge in [-0.2, -0.15) is 0 Å². The Morgan fingerprint density at radius 1 is 1.36 bits per heavy atom. The molecule has 0 radical (unpaired) electrons. The lowest BCUT2D eigenvalue weighted by Gasteiger charge is -2.29. The molecule has 0 saturated heterocycles. The standard InChI is InChI=1S/C16H19F2NO3/c17-16(18)7-2-3-10(9-16)15(21)19-12-5-1-4-11-13(20)6-8-22-14(11)12/h1,4-5,10,13,20H,2-3,6-9H2,(H,19,21)/t10-,13+/m1/s1. The van der Waals surface area contributed by atoms with Gasteiger partial charge in [0.1, 0.15) is 5.75 Å². The molecule has 1 aromatic carbocycles.